The van der Waals surface area contributed by atoms with Gasteiger partial charge in [0.25, 0.3) is 0 Å². The van der Waals surface area contributed by atoms with Crippen molar-refractivity contribution in [3.63, 3.8) is 0 Å². The number of hydrogen-bond acceptors (Lipinski definition) is 5. The number of carbonyl (C=O) groups is 2. The summed E-state index contributed by atoms with van der Waals surface area (Å²) in [5.74, 6) is 0.395. The Bertz CT molecular complexity index is 1020. The summed E-state index contributed by atoms with van der Waals surface area (Å²) in [5, 5.41) is 7.98. The maximum absolute atomic E-state index is 12.7. The summed E-state index contributed by atoms with van der Waals surface area (Å²) >= 11 is 0. The lowest BCUT2D eigenvalue weighted by molar-refractivity contribution is -0.116. The second-order valence-corrected chi connectivity index (χ2v) is 9.33. The fraction of sp³-hybridized carbons (Fsp3) is 0.364. The maximum Gasteiger partial charge on any atom is 0.319 e. The number of anilines is 2. The van der Waals surface area contributed by atoms with Crippen LogP contribution in [0.3, 0.4) is 0 Å². The summed E-state index contributed by atoms with van der Waals surface area (Å²) < 4.78 is 31.9. The van der Waals surface area contributed by atoms with Gasteiger partial charge in [-0.25, -0.2) is 13.2 Å². The van der Waals surface area contributed by atoms with Crippen LogP contribution in [0.25, 0.3) is 0 Å². The second kappa shape index (κ2) is 11.0. The highest BCUT2D eigenvalue weighted by atomic mass is 32.2. The van der Waals surface area contributed by atoms with Crippen LogP contribution in [0, 0.1) is 0 Å². The molecule has 0 atom stereocenters. The van der Waals surface area contributed by atoms with Crippen molar-refractivity contribution in [2.75, 3.05) is 37.4 Å². The molecular formula is C22H28N4O5S. The molecule has 1 aliphatic heterocycles. The van der Waals surface area contributed by atoms with E-state index < -0.39 is 16.1 Å². The lowest BCUT2D eigenvalue weighted by Crippen LogP contribution is -2.35. The van der Waals surface area contributed by atoms with Crippen molar-refractivity contribution < 1.29 is 22.7 Å². The largest absolute Gasteiger partial charge is 0.497 e. The van der Waals surface area contributed by atoms with Crippen LogP contribution in [0.2, 0.25) is 0 Å². The topological polar surface area (TPSA) is 117 Å². The molecule has 32 heavy (non-hydrogen) atoms. The van der Waals surface area contributed by atoms with Crippen molar-refractivity contribution in [1.29, 1.82) is 0 Å². The summed E-state index contributed by atoms with van der Waals surface area (Å²) in [7, 11) is -1.94. The van der Waals surface area contributed by atoms with Crippen molar-refractivity contribution in [3.05, 3.63) is 48.5 Å². The molecule has 0 aromatic heterocycles. The van der Waals surface area contributed by atoms with Crippen molar-refractivity contribution in [2.45, 2.75) is 30.6 Å². The minimum absolute atomic E-state index is 0.0733. The average Bonchev–Trinajstić information content (AvgIpc) is 2.80. The highest BCUT2D eigenvalue weighted by molar-refractivity contribution is 7.89. The molecule has 172 valence electrons. The normalized spacial score (nSPS) is 14.4. The number of piperidine rings is 1. The number of rotatable bonds is 8. The highest BCUT2D eigenvalue weighted by Crippen LogP contribution is 2.22. The quantitative estimate of drug-likeness (QED) is 0.560. The van der Waals surface area contributed by atoms with Gasteiger partial charge in [0, 0.05) is 37.4 Å². The number of ether oxygens (including phenoxy) is 1. The fourth-order valence-electron chi connectivity index (χ4n) is 3.33. The van der Waals surface area contributed by atoms with Crippen LogP contribution in [-0.2, 0) is 14.8 Å². The number of urea groups is 1. The standard InChI is InChI=1S/C22H28N4O5S/c1-31-19-9-5-18(6-10-19)25-22(28)23-14-13-21(27)24-17-7-11-20(12-8-17)32(29,30)26-15-3-2-4-16-26/h5-12H,2-4,13-16H2,1H3,(H,24,27)(H2,23,25,28). The molecule has 0 aliphatic carbocycles. The van der Waals surface area contributed by atoms with E-state index in [1.165, 1.54) is 16.4 Å². The summed E-state index contributed by atoms with van der Waals surface area (Å²) in [6.45, 7) is 1.23. The molecule has 3 rings (SSSR count). The molecule has 2 aromatic carbocycles. The van der Waals surface area contributed by atoms with Crippen LogP contribution in [0.4, 0.5) is 16.2 Å². The van der Waals surface area contributed by atoms with Gasteiger partial charge in [0.05, 0.1) is 12.0 Å². The van der Waals surface area contributed by atoms with Crippen molar-refractivity contribution in [1.82, 2.24) is 9.62 Å². The number of nitrogens with zero attached hydrogens (tertiary/aromatic N) is 1. The molecule has 1 saturated heterocycles. The molecule has 1 aliphatic rings. The molecule has 1 fully saturated rings. The monoisotopic (exact) mass is 460 g/mol. The van der Waals surface area contributed by atoms with E-state index in [4.69, 9.17) is 4.74 Å². The first-order valence-corrected chi connectivity index (χ1v) is 11.9. The van der Waals surface area contributed by atoms with E-state index in [1.807, 2.05) is 0 Å². The van der Waals surface area contributed by atoms with E-state index in [2.05, 4.69) is 16.0 Å². The van der Waals surface area contributed by atoms with Gasteiger partial charge in [-0.3, -0.25) is 4.79 Å². The van der Waals surface area contributed by atoms with Crippen LogP contribution >= 0.6 is 0 Å². The van der Waals surface area contributed by atoms with Gasteiger partial charge in [0.15, 0.2) is 0 Å². The number of methoxy groups -OCH3 is 1. The predicted octanol–water partition coefficient (Wildman–Crippen LogP) is 3.02. The van der Waals surface area contributed by atoms with Gasteiger partial charge in [-0.1, -0.05) is 6.42 Å². The Morgan fingerprint density at radius 2 is 1.50 bits per heavy atom. The third kappa shape index (κ3) is 6.44. The summed E-state index contributed by atoms with van der Waals surface area (Å²) in [5.41, 5.74) is 1.10. The van der Waals surface area contributed by atoms with Crippen LogP contribution in [0.1, 0.15) is 25.7 Å². The number of amides is 3. The lowest BCUT2D eigenvalue weighted by Gasteiger charge is -2.25. The van der Waals surface area contributed by atoms with E-state index in [0.29, 0.717) is 30.2 Å². The third-order valence-electron chi connectivity index (χ3n) is 5.08. The fourth-order valence-corrected chi connectivity index (χ4v) is 4.84. The van der Waals surface area contributed by atoms with Gasteiger partial charge in [-0.15, -0.1) is 0 Å². The molecule has 0 saturated carbocycles. The first-order valence-electron chi connectivity index (χ1n) is 10.5. The molecule has 3 amide bonds. The Hall–Kier alpha value is -3.11. The molecule has 0 unspecified atom stereocenters. The van der Waals surface area contributed by atoms with E-state index >= 15 is 0 Å². The van der Waals surface area contributed by atoms with E-state index in [-0.39, 0.29) is 23.8 Å². The van der Waals surface area contributed by atoms with Gasteiger partial charge in [0.2, 0.25) is 15.9 Å². The minimum Gasteiger partial charge on any atom is -0.497 e. The van der Waals surface area contributed by atoms with E-state index in [9.17, 15) is 18.0 Å². The summed E-state index contributed by atoms with van der Waals surface area (Å²) in [6.07, 6.45) is 2.87. The number of benzene rings is 2. The van der Waals surface area contributed by atoms with E-state index in [1.54, 1.807) is 43.5 Å². The van der Waals surface area contributed by atoms with Crippen LogP contribution < -0.4 is 20.7 Å². The molecule has 0 bridgehead atoms. The van der Waals surface area contributed by atoms with Crippen molar-refractivity contribution in [3.8, 4) is 5.75 Å². The summed E-state index contributed by atoms with van der Waals surface area (Å²) in [4.78, 5) is 24.3. The number of sulfonamides is 1. The second-order valence-electron chi connectivity index (χ2n) is 7.40. The zero-order valence-electron chi connectivity index (χ0n) is 18.0. The molecule has 3 N–H and O–H groups in total. The molecular weight excluding hydrogens is 432 g/mol. The molecule has 9 nitrogen and oxygen atoms in total. The van der Waals surface area contributed by atoms with Crippen LogP contribution in [-0.4, -0.2) is 51.4 Å². The first kappa shape index (κ1) is 23.6. The molecule has 10 heteroatoms. The number of carbonyl (C=O) groups excluding carboxylic acids is 2. The van der Waals surface area contributed by atoms with Crippen LogP contribution in [0.5, 0.6) is 5.75 Å². The van der Waals surface area contributed by atoms with Crippen molar-refractivity contribution in [2.24, 2.45) is 0 Å². The Labute approximate surface area is 188 Å². The van der Waals surface area contributed by atoms with E-state index in [0.717, 1.165) is 19.3 Å². The Kier molecular flexibility index (Phi) is 8.07. The SMILES string of the molecule is COc1ccc(NC(=O)NCCC(=O)Nc2ccc(S(=O)(=O)N3CCCCC3)cc2)cc1. The lowest BCUT2D eigenvalue weighted by atomic mass is 10.2. The molecule has 2 aromatic rings. The Balaban J connectivity index is 1.43. The molecule has 1 heterocycles. The maximum atomic E-state index is 12.7. The number of nitrogens with one attached hydrogen (secondary N) is 3. The van der Waals surface area contributed by atoms with Gasteiger partial charge in [-0.05, 0) is 61.4 Å². The summed E-state index contributed by atoms with van der Waals surface area (Å²) in [6, 6.07) is 12.6. The smallest absolute Gasteiger partial charge is 0.319 e. The van der Waals surface area contributed by atoms with Crippen LogP contribution in [0.15, 0.2) is 53.4 Å². The minimum atomic E-state index is -3.50. The molecule has 0 radical (unpaired) electrons. The molecule has 0 spiro atoms. The van der Waals surface area contributed by atoms with Gasteiger partial charge >= 0.3 is 6.03 Å². The predicted molar refractivity (Wildman–Crippen MR) is 122 cm³/mol. The average molecular weight is 461 g/mol. The first-order chi connectivity index (χ1) is 15.4. The van der Waals surface area contributed by atoms with Gasteiger partial charge in [-0.2, -0.15) is 4.31 Å². The third-order valence-corrected chi connectivity index (χ3v) is 6.99. The van der Waals surface area contributed by atoms with Gasteiger partial charge < -0.3 is 20.7 Å². The number of hydrogen-bond donors (Lipinski definition) is 3. The Morgan fingerprint density at radius 1 is 0.906 bits per heavy atom. The highest BCUT2D eigenvalue weighted by Gasteiger charge is 2.25. The zero-order chi connectivity index (χ0) is 23.0. The zero-order valence-corrected chi connectivity index (χ0v) is 18.8. The van der Waals surface area contributed by atoms with Crippen molar-refractivity contribution >= 4 is 33.3 Å². The Morgan fingerprint density at radius 3 is 2.12 bits per heavy atom. The van der Waals surface area contributed by atoms with Gasteiger partial charge in [0.1, 0.15) is 5.75 Å².